The Morgan fingerprint density at radius 1 is 0.833 bits per heavy atom. The van der Waals surface area contributed by atoms with Crippen LogP contribution in [0.1, 0.15) is 0 Å². The van der Waals surface area contributed by atoms with E-state index in [-0.39, 0.29) is 0 Å². The van der Waals surface area contributed by atoms with Gasteiger partial charge in [-0.2, -0.15) is 5.10 Å². The van der Waals surface area contributed by atoms with Crippen LogP contribution in [0, 0.1) is 0 Å². The van der Waals surface area contributed by atoms with E-state index in [9.17, 15) is 0 Å². The molecule has 0 bridgehead atoms. The minimum atomic E-state index is 1.04. The molecule has 1 aliphatic carbocycles. The summed E-state index contributed by atoms with van der Waals surface area (Å²) in [5.74, 6) is 0. The molecule has 1 heterocycles. The van der Waals surface area contributed by atoms with Crippen molar-refractivity contribution in [3.8, 4) is 22.4 Å². The minimum Gasteiger partial charge on any atom is -0.158 e. The lowest BCUT2D eigenvalue weighted by molar-refractivity contribution is 1.03. The van der Waals surface area contributed by atoms with Gasteiger partial charge in [-0.05, 0) is 11.6 Å². The van der Waals surface area contributed by atoms with Gasteiger partial charge in [0.2, 0.25) is 0 Å². The van der Waals surface area contributed by atoms with Crippen molar-refractivity contribution in [1.29, 1.82) is 0 Å². The minimum absolute atomic E-state index is 1.04. The second-order valence-corrected chi connectivity index (χ2v) is 2.84. The van der Waals surface area contributed by atoms with Gasteiger partial charge in [-0.15, -0.1) is 5.10 Å². The fourth-order valence-corrected chi connectivity index (χ4v) is 1.61. The normalized spacial score (nSPS) is 11.3. The van der Waals surface area contributed by atoms with E-state index in [1.54, 1.807) is 6.20 Å². The first kappa shape index (κ1) is 5.89. The van der Waals surface area contributed by atoms with E-state index in [1.165, 1.54) is 16.7 Å². The average Bonchev–Trinajstić information content (AvgIpc) is 2.14. The average molecular weight is 154 g/mol. The second kappa shape index (κ2) is 1.91. The summed E-state index contributed by atoms with van der Waals surface area (Å²) in [6.07, 6.45) is 1.73. The number of aromatic nitrogens is 2. The Balaban J connectivity index is 2.34. The summed E-state index contributed by atoms with van der Waals surface area (Å²) in [4.78, 5) is 0. The standard InChI is InChI=1S/C10H6N2/c1-2-4-8-7(3-1)9-5-6-11-12-10(8)9/h1-6H. The van der Waals surface area contributed by atoms with E-state index < -0.39 is 0 Å². The topological polar surface area (TPSA) is 25.8 Å². The third-order valence-corrected chi connectivity index (χ3v) is 2.19. The highest BCUT2D eigenvalue weighted by molar-refractivity contribution is 5.99. The van der Waals surface area contributed by atoms with E-state index in [1.807, 2.05) is 18.2 Å². The molecule has 0 radical (unpaired) electrons. The van der Waals surface area contributed by atoms with Gasteiger partial charge >= 0.3 is 0 Å². The Labute approximate surface area is 69.9 Å². The molecule has 0 saturated heterocycles. The van der Waals surface area contributed by atoms with Crippen LogP contribution in [-0.2, 0) is 0 Å². The summed E-state index contributed by atoms with van der Waals surface area (Å²) in [6.45, 7) is 0. The molecule has 0 fully saturated rings. The van der Waals surface area contributed by atoms with Crippen molar-refractivity contribution in [2.45, 2.75) is 0 Å². The lowest BCUT2D eigenvalue weighted by atomic mass is 9.85. The molecule has 0 aliphatic heterocycles. The van der Waals surface area contributed by atoms with Crippen LogP contribution in [-0.4, -0.2) is 10.2 Å². The number of nitrogens with zero attached hydrogens (tertiary/aromatic N) is 2. The fraction of sp³-hybridized carbons (Fsp3) is 0. The van der Waals surface area contributed by atoms with E-state index in [0.717, 1.165) is 5.69 Å². The summed E-state index contributed by atoms with van der Waals surface area (Å²) in [6, 6.07) is 10.3. The van der Waals surface area contributed by atoms with Crippen molar-refractivity contribution >= 4 is 0 Å². The van der Waals surface area contributed by atoms with Gasteiger partial charge in [0.1, 0.15) is 5.69 Å². The quantitative estimate of drug-likeness (QED) is 0.495. The molecule has 2 aromatic rings. The number of fused-ring (bicyclic) bond motifs is 4. The summed E-state index contributed by atoms with van der Waals surface area (Å²) in [7, 11) is 0. The maximum Gasteiger partial charge on any atom is 0.101 e. The van der Waals surface area contributed by atoms with Crippen LogP contribution in [0.5, 0.6) is 0 Å². The van der Waals surface area contributed by atoms with Gasteiger partial charge in [-0.1, -0.05) is 24.3 Å². The lowest BCUT2D eigenvalue weighted by Gasteiger charge is -2.20. The number of benzene rings is 1. The molecule has 0 N–H and O–H groups in total. The molecular formula is C10H6N2. The van der Waals surface area contributed by atoms with Crippen molar-refractivity contribution < 1.29 is 0 Å². The Kier molecular flexibility index (Phi) is 0.939. The molecule has 3 rings (SSSR count). The van der Waals surface area contributed by atoms with Crippen LogP contribution in [0.4, 0.5) is 0 Å². The Morgan fingerprint density at radius 3 is 2.58 bits per heavy atom. The third-order valence-electron chi connectivity index (χ3n) is 2.19. The predicted octanol–water partition coefficient (Wildman–Crippen LogP) is 2.12. The van der Waals surface area contributed by atoms with E-state index in [4.69, 9.17) is 0 Å². The van der Waals surface area contributed by atoms with Gasteiger partial charge in [-0.3, -0.25) is 0 Å². The van der Waals surface area contributed by atoms with Crippen molar-refractivity contribution in [2.24, 2.45) is 0 Å². The molecule has 0 amide bonds. The van der Waals surface area contributed by atoms with Crippen molar-refractivity contribution in [2.75, 3.05) is 0 Å². The molecule has 0 saturated carbocycles. The Morgan fingerprint density at radius 2 is 1.67 bits per heavy atom. The van der Waals surface area contributed by atoms with Gasteiger partial charge < -0.3 is 0 Å². The van der Waals surface area contributed by atoms with Crippen molar-refractivity contribution in [3.63, 3.8) is 0 Å². The number of rotatable bonds is 0. The highest BCUT2D eigenvalue weighted by atomic mass is 15.1. The molecule has 12 heavy (non-hydrogen) atoms. The summed E-state index contributed by atoms with van der Waals surface area (Å²) >= 11 is 0. The highest BCUT2D eigenvalue weighted by Gasteiger charge is 2.22. The van der Waals surface area contributed by atoms with Crippen LogP contribution < -0.4 is 0 Å². The van der Waals surface area contributed by atoms with Gasteiger partial charge in [-0.25, -0.2) is 0 Å². The van der Waals surface area contributed by atoms with Crippen LogP contribution in [0.25, 0.3) is 22.4 Å². The molecular weight excluding hydrogens is 148 g/mol. The molecule has 2 nitrogen and oxygen atoms in total. The van der Waals surface area contributed by atoms with E-state index in [0.29, 0.717) is 0 Å². The van der Waals surface area contributed by atoms with Gasteiger partial charge in [0.05, 0.1) is 6.20 Å². The summed E-state index contributed by atoms with van der Waals surface area (Å²) in [5, 5.41) is 7.90. The first-order valence-corrected chi connectivity index (χ1v) is 3.88. The summed E-state index contributed by atoms with van der Waals surface area (Å²) in [5.41, 5.74) is 4.77. The van der Waals surface area contributed by atoms with E-state index in [2.05, 4.69) is 22.3 Å². The number of hydrogen-bond acceptors (Lipinski definition) is 2. The SMILES string of the molecule is c1ccc2c(c1)-c1ccnnc1-2. The summed E-state index contributed by atoms with van der Waals surface area (Å²) < 4.78 is 0. The molecule has 56 valence electrons. The van der Waals surface area contributed by atoms with Gasteiger partial charge in [0, 0.05) is 11.1 Å². The Bertz CT molecular complexity index is 349. The largest absolute Gasteiger partial charge is 0.158 e. The molecule has 0 spiro atoms. The Hall–Kier alpha value is -1.70. The molecule has 0 atom stereocenters. The lowest BCUT2D eigenvalue weighted by Crippen LogP contribution is -2.01. The molecule has 2 heteroatoms. The maximum atomic E-state index is 4.06. The zero-order chi connectivity index (χ0) is 7.97. The molecule has 1 aromatic heterocycles. The van der Waals surface area contributed by atoms with Crippen molar-refractivity contribution in [3.05, 3.63) is 36.5 Å². The van der Waals surface area contributed by atoms with Crippen LogP contribution >= 0.6 is 0 Å². The molecule has 1 aliphatic rings. The fourth-order valence-electron chi connectivity index (χ4n) is 1.61. The zero-order valence-corrected chi connectivity index (χ0v) is 6.36. The third kappa shape index (κ3) is 0.552. The maximum absolute atomic E-state index is 4.06. The van der Waals surface area contributed by atoms with Crippen LogP contribution in [0.15, 0.2) is 36.5 Å². The van der Waals surface area contributed by atoms with E-state index >= 15 is 0 Å². The first-order chi connectivity index (χ1) is 5.97. The predicted molar refractivity (Wildman–Crippen MR) is 46.5 cm³/mol. The highest BCUT2D eigenvalue weighted by Crippen LogP contribution is 2.44. The van der Waals surface area contributed by atoms with Crippen molar-refractivity contribution in [1.82, 2.24) is 10.2 Å². The molecule has 0 unspecified atom stereocenters. The second-order valence-electron chi connectivity index (χ2n) is 2.84. The zero-order valence-electron chi connectivity index (χ0n) is 6.36. The molecule has 1 aromatic carbocycles. The smallest absolute Gasteiger partial charge is 0.101 e. The van der Waals surface area contributed by atoms with Crippen LogP contribution in [0.2, 0.25) is 0 Å². The number of hydrogen-bond donors (Lipinski definition) is 0. The van der Waals surface area contributed by atoms with Gasteiger partial charge in [0.25, 0.3) is 0 Å². The first-order valence-electron chi connectivity index (χ1n) is 3.88. The van der Waals surface area contributed by atoms with Crippen LogP contribution in [0.3, 0.4) is 0 Å². The van der Waals surface area contributed by atoms with Gasteiger partial charge in [0.15, 0.2) is 0 Å². The monoisotopic (exact) mass is 154 g/mol.